The molecule has 0 unspecified atom stereocenters. The monoisotopic (exact) mass is 504 g/mol. The minimum Gasteiger partial charge on any atom is -0.368 e. The lowest BCUT2D eigenvalue weighted by Gasteiger charge is -2.35. The molecule has 0 spiro atoms. The van der Waals surface area contributed by atoms with Crippen LogP contribution in [0.1, 0.15) is 37.3 Å². The average Bonchev–Trinajstić information content (AvgIpc) is 2.97. The van der Waals surface area contributed by atoms with E-state index in [1.807, 2.05) is 23.1 Å². The van der Waals surface area contributed by atoms with Crippen molar-refractivity contribution in [2.75, 3.05) is 31.1 Å². The number of anilines is 1. The van der Waals surface area contributed by atoms with Crippen molar-refractivity contribution in [1.82, 2.24) is 14.9 Å². The van der Waals surface area contributed by atoms with Crippen LogP contribution in [0.4, 0.5) is 5.69 Å². The molecule has 192 valence electrons. The lowest BCUT2D eigenvalue weighted by Crippen LogP contribution is -2.48. The number of nitrogens with one attached hydrogen (secondary N) is 1. The summed E-state index contributed by atoms with van der Waals surface area (Å²) in [5, 5.41) is 3.38. The number of H-pyrrole nitrogens is 1. The van der Waals surface area contributed by atoms with E-state index in [0.717, 1.165) is 38.1 Å². The molecule has 2 heterocycles. The van der Waals surface area contributed by atoms with E-state index < -0.39 is 0 Å². The molecule has 1 aliphatic heterocycles. The standard InChI is InChI=1S/C24H26N2O.C8H6N2O/c1-17(27)25-12-14-26(15-13-25)20-8-11-22-19(16-20)7-10-23-21-5-3-2-4-18(21)6-9-24(22)23;11-8-6-3-1-2-4-7(6)9-5-10-8/h3,5,7-8,10-11,16H,2,4,6,9,12-15H2,1H3;1-5H,(H,9,10,11). The van der Waals surface area contributed by atoms with E-state index in [9.17, 15) is 9.59 Å². The summed E-state index contributed by atoms with van der Waals surface area (Å²) < 4.78 is 0. The maximum absolute atomic E-state index is 11.6. The molecule has 0 atom stereocenters. The highest BCUT2D eigenvalue weighted by molar-refractivity contribution is 5.95. The topological polar surface area (TPSA) is 69.3 Å². The van der Waals surface area contributed by atoms with Gasteiger partial charge in [0.05, 0.1) is 17.2 Å². The van der Waals surface area contributed by atoms with Gasteiger partial charge in [0.15, 0.2) is 0 Å². The van der Waals surface area contributed by atoms with Crippen LogP contribution in [-0.2, 0) is 11.2 Å². The number of aromatic amines is 1. The van der Waals surface area contributed by atoms with Gasteiger partial charge in [-0.05, 0) is 77.4 Å². The number of aryl methyl sites for hydroxylation is 1. The van der Waals surface area contributed by atoms with E-state index >= 15 is 0 Å². The first-order chi connectivity index (χ1) is 18.6. The van der Waals surface area contributed by atoms with E-state index in [0.29, 0.717) is 5.39 Å². The smallest absolute Gasteiger partial charge is 0.258 e. The number of amides is 1. The number of carbonyl (C=O) groups is 1. The van der Waals surface area contributed by atoms with Crippen LogP contribution in [0.25, 0.3) is 27.2 Å². The van der Waals surface area contributed by atoms with Crippen molar-refractivity contribution < 1.29 is 4.79 Å². The maximum Gasteiger partial charge on any atom is 0.258 e. The number of fused-ring (bicyclic) bond motifs is 5. The number of hydrogen-bond donors (Lipinski definition) is 1. The first-order valence-corrected chi connectivity index (χ1v) is 13.5. The Morgan fingerprint density at radius 1 is 0.921 bits per heavy atom. The fourth-order valence-corrected chi connectivity index (χ4v) is 5.92. The van der Waals surface area contributed by atoms with Crippen LogP contribution in [-0.4, -0.2) is 47.0 Å². The summed E-state index contributed by atoms with van der Waals surface area (Å²) in [5.41, 5.74) is 8.01. The Kier molecular flexibility index (Phi) is 6.54. The number of allylic oxidation sites excluding steroid dienone is 4. The summed E-state index contributed by atoms with van der Waals surface area (Å²) in [5.74, 6) is 0.185. The van der Waals surface area contributed by atoms with Crippen molar-refractivity contribution in [3.05, 3.63) is 100 Å². The first-order valence-electron chi connectivity index (χ1n) is 13.5. The Labute approximate surface area is 222 Å². The minimum atomic E-state index is -0.0874. The van der Waals surface area contributed by atoms with E-state index in [1.54, 1.807) is 18.6 Å². The van der Waals surface area contributed by atoms with Crippen molar-refractivity contribution in [3.8, 4) is 0 Å². The third kappa shape index (κ3) is 4.62. The van der Waals surface area contributed by atoms with Gasteiger partial charge in [-0.3, -0.25) is 9.59 Å². The van der Waals surface area contributed by atoms with Gasteiger partial charge in [0, 0.05) is 38.8 Å². The molecule has 7 rings (SSSR count). The van der Waals surface area contributed by atoms with Gasteiger partial charge in [0.2, 0.25) is 5.91 Å². The normalized spacial score (nSPS) is 16.7. The molecule has 6 nitrogen and oxygen atoms in total. The molecule has 1 saturated heterocycles. The van der Waals surface area contributed by atoms with Gasteiger partial charge < -0.3 is 14.8 Å². The van der Waals surface area contributed by atoms with Crippen LogP contribution in [0.3, 0.4) is 0 Å². The van der Waals surface area contributed by atoms with Crippen molar-refractivity contribution in [2.45, 2.75) is 32.6 Å². The molecule has 1 amide bonds. The minimum absolute atomic E-state index is 0.0874. The predicted octanol–water partition coefficient (Wildman–Crippen LogP) is 5.48. The molecule has 3 aromatic carbocycles. The van der Waals surface area contributed by atoms with Gasteiger partial charge in [-0.15, -0.1) is 0 Å². The number of hydrogen-bond acceptors (Lipinski definition) is 4. The van der Waals surface area contributed by atoms with Gasteiger partial charge in [0.1, 0.15) is 0 Å². The summed E-state index contributed by atoms with van der Waals surface area (Å²) in [6.07, 6.45) is 10.9. The highest BCUT2D eigenvalue weighted by Gasteiger charge is 2.22. The molecule has 0 bridgehead atoms. The SMILES string of the molecule is CC(=O)N1CCN(c2ccc3c4c(ccc3c2)C2=C(CCC=C2)CC4)CC1.O=c1[nH]cnc2ccccc12. The molecule has 2 aliphatic carbocycles. The second-order valence-electron chi connectivity index (χ2n) is 10.2. The molecule has 1 aromatic heterocycles. The van der Waals surface area contributed by atoms with Crippen LogP contribution >= 0.6 is 0 Å². The van der Waals surface area contributed by atoms with E-state index in [2.05, 4.69) is 57.4 Å². The predicted molar refractivity (Wildman–Crippen MR) is 154 cm³/mol. The molecule has 38 heavy (non-hydrogen) atoms. The van der Waals surface area contributed by atoms with Crippen LogP contribution in [0.2, 0.25) is 0 Å². The van der Waals surface area contributed by atoms with Crippen molar-refractivity contribution in [2.24, 2.45) is 0 Å². The Bertz CT molecular complexity index is 1640. The summed E-state index contributed by atoms with van der Waals surface area (Å²) in [6, 6.07) is 18.8. The second-order valence-corrected chi connectivity index (χ2v) is 10.2. The lowest BCUT2D eigenvalue weighted by atomic mass is 9.79. The fraction of sp³-hybridized carbons (Fsp3) is 0.281. The maximum atomic E-state index is 11.6. The van der Waals surface area contributed by atoms with Crippen molar-refractivity contribution >= 4 is 38.8 Å². The second kappa shape index (κ2) is 10.3. The van der Waals surface area contributed by atoms with E-state index in [4.69, 9.17) is 0 Å². The molecule has 3 aliphatic rings. The molecule has 6 heteroatoms. The van der Waals surface area contributed by atoms with Gasteiger partial charge in [-0.1, -0.05) is 48.1 Å². The molecular weight excluding hydrogens is 472 g/mol. The molecule has 0 radical (unpaired) electrons. The van der Waals surface area contributed by atoms with Crippen LogP contribution < -0.4 is 10.5 Å². The number of para-hydroxylation sites is 1. The lowest BCUT2D eigenvalue weighted by molar-refractivity contribution is -0.129. The zero-order valence-electron chi connectivity index (χ0n) is 21.7. The first kappa shape index (κ1) is 24.2. The number of nitrogens with zero attached hydrogens (tertiary/aromatic N) is 3. The Morgan fingerprint density at radius 3 is 2.58 bits per heavy atom. The Morgan fingerprint density at radius 2 is 1.76 bits per heavy atom. The molecule has 1 N–H and O–H groups in total. The number of aromatic nitrogens is 2. The summed E-state index contributed by atoms with van der Waals surface area (Å²) in [7, 11) is 0. The van der Waals surface area contributed by atoms with Gasteiger partial charge in [0.25, 0.3) is 5.56 Å². The third-order valence-corrected chi connectivity index (χ3v) is 8.00. The third-order valence-electron chi connectivity index (χ3n) is 8.00. The number of rotatable bonds is 1. The van der Waals surface area contributed by atoms with Crippen LogP contribution in [0, 0.1) is 0 Å². The van der Waals surface area contributed by atoms with Crippen LogP contribution in [0.5, 0.6) is 0 Å². The molecule has 1 fully saturated rings. The Hall–Kier alpha value is -4.19. The summed E-state index contributed by atoms with van der Waals surface area (Å²) in [6.45, 7) is 5.13. The molecular formula is C32H32N4O2. The zero-order valence-corrected chi connectivity index (χ0v) is 21.7. The highest BCUT2D eigenvalue weighted by atomic mass is 16.2. The molecule has 4 aromatic rings. The quantitative estimate of drug-likeness (QED) is 0.373. The number of carbonyl (C=O) groups excluding carboxylic acids is 1. The fourth-order valence-electron chi connectivity index (χ4n) is 5.92. The van der Waals surface area contributed by atoms with E-state index in [-0.39, 0.29) is 11.5 Å². The van der Waals surface area contributed by atoms with Gasteiger partial charge >= 0.3 is 0 Å². The van der Waals surface area contributed by atoms with E-state index in [1.165, 1.54) is 58.7 Å². The summed E-state index contributed by atoms with van der Waals surface area (Å²) >= 11 is 0. The number of piperazine rings is 1. The summed E-state index contributed by atoms with van der Waals surface area (Å²) in [4.78, 5) is 33.5. The van der Waals surface area contributed by atoms with Crippen molar-refractivity contribution in [1.29, 1.82) is 0 Å². The van der Waals surface area contributed by atoms with Gasteiger partial charge in [-0.25, -0.2) is 4.98 Å². The van der Waals surface area contributed by atoms with Gasteiger partial charge in [-0.2, -0.15) is 0 Å². The van der Waals surface area contributed by atoms with Crippen LogP contribution in [0.15, 0.2) is 83.4 Å². The molecule has 0 saturated carbocycles. The largest absolute Gasteiger partial charge is 0.368 e. The zero-order chi connectivity index (χ0) is 26.1. The number of benzene rings is 3. The van der Waals surface area contributed by atoms with Crippen molar-refractivity contribution in [3.63, 3.8) is 0 Å². The Balaban J connectivity index is 0.000000200. The average molecular weight is 505 g/mol. The highest BCUT2D eigenvalue weighted by Crippen LogP contribution is 2.40.